The molecule has 1 N–H and O–H groups in total. The first kappa shape index (κ1) is 20.3. The number of nitrogens with zero attached hydrogens (tertiary/aromatic N) is 5. The minimum atomic E-state index is -0.130. The molecule has 1 amide bonds. The Morgan fingerprint density at radius 3 is 2.56 bits per heavy atom. The second-order valence-corrected chi connectivity index (χ2v) is 8.22. The molecule has 166 valence electrons. The number of nitrogens with one attached hydrogen (secondary N) is 1. The van der Waals surface area contributed by atoms with Gasteiger partial charge in [-0.25, -0.2) is 4.68 Å². The first-order valence-electron chi connectivity index (χ1n) is 10.9. The fourth-order valence-electron chi connectivity index (χ4n) is 4.23. The van der Waals surface area contributed by atoms with Gasteiger partial charge in [0.1, 0.15) is 13.2 Å². The Hall–Kier alpha value is -3.62. The Morgan fingerprint density at radius 1 is 1.03 bits per heavy atom. The number of anilines is 2. The van der Waals surface area contributed by atoms with Gasteiger partial charge in [0.2, 0.25) is 5.91 Å². The summed E-state index contributed by atoms with van der Waals surface area (Å²) in [5, 5.41) is 16.2. The predicted octanol–water partition coefficient (Wildman–Crippen LogP) is 2.91. The summed E-state index contributed by atoms with van der Waals surface area (Å²) in [5.74, 6) is 2.70. The maximum atomic E-state index is 12.9. The number of piperidine rings is 1. The number of aryl methyl sites for hydroxylation is 2. The van der Waals surface area contributed by atoms with E-state index in [4.69, 9.17) is 9.47 Å². The van der Waals surface area contributed by atoms with Crippen molar-refractivity contribution in [1.29, 1.82) is 0 Å². The van der Waals surface area contributed by atoms with Crippen LogP contribution in [0.4, 0.5) is 11.5 Å². The third-order valence-electron chi connectivity index (χ3n) is 5.79. The summed E-state index contributed by atoms with van der Waals surface area (Å²) >= 11 is 0. The van der Waals surface area contributed by atoms with Gasteiger partial charge >= 0.3 is 0 Å². The van der Waals surface area contributed by atoms with Crippen molar-refractivity contribution in [3.8, 4) is 17.3 Å². The van der Waals surface area contributed by atoms with E-state index in [9.17, 15) is 4.79 Å². The van der Waals surface area contributed by atoms with Gasteiger partial charge in [0.25, 0.3) is 0 Å². The average molecular weight is 435 g/mol. The summed E-state index contributed by atoms with van der Waals surface area (Å²) in [4.78, 5) is 15.1. The van der Waals surface area contributed by atoms with Crippen molar-refractivity contribution in [1.82, 2.24) is 20.0 Å². The average Bonchev–Trinajstić information content (AvgIpc) is 3.17. The van der Waals surface area contributed by atoms with Gasteiger partial charge in [-0.15, -0.1) is 10.2 Å². The SMILES string of the molecule is Cc1cc(C)n(-c2ccc(N3CCCC(C(=O)Nc4ccc5c(c4)OCCO5)C3)nn2)n1. The van der Waals surface area contributed by atoms with Gasteiger partial charge in [-0.05, 0) is 57.0 Å². The molecule has 1 fully saturated rings. The Bertz CT molecular complexity index is 1130. The Balaban J connectivity index is 1.25. The summed E-state index contributed by atoms with van der Waals surface area (Å²) < 4.78 is 12.9. The van der Waals surface area contributed by atoms with Crippen molar-refractivity contribution in [2.24, 2.45) is 5.92 Å². The number of ether oxygens (including phenoxy) is 2. The largest absolute Gasteiger partial charge is 0.486 e. The standard InChI is InChI=1S/C23H26N6O3/c1-15-12-16(2)29(27-15)22-8-7-21(25-26-22)28-9-3-4-17(14-28)23(30)24-18-5-6-19-20(13-18)32-11-10-31-19/h5-8,12-13,17H,3-4,9-11,14H2,1-2H3,(H,24,30). The number of hydrogen-bond donors (Lipinski definition) is 1. The predicted molar refractivity (Wildman–Crippen MR) is 120 cm³/mol. The molecule has 1 unspecified atom stereocenters. The van der Waals surface area contributed by atoms with E-state index in [2.05, 4.69) is 25.5 Å². The molecule has 1 atom stereocenters. The van der Waals surface area contributed by atoms with Crippen LogP contribution in [-0.2, 0) is 4.79 Å². The van der Waals surface area contributed by atoms with Crippen LogP contribution in [0.5, 0.6) is 11.5 Å². The number of fused-ring (bicyclic) bond motifs is 1. The highest BCUT2D eigenvalue weighted by atomic mass is 16.6. The smallest absolute Gasteiger partial charge is 0.229 e. The normalized spacial score (nSPS) is 17.8. The quantitative estimate of drug-likeness (QED) is 0.675. The van der Waals surface area contributed by atoms with E-state index in [1.165, 1.54) is 0 Å². The number of carbonyl (C=O) groups is 1. The first-order valence-corrected chi connectivity index (χ1v) is 10.9. The molecule has 1 aromatic carbocycles. The summed E-state index contributed by atoms with van der Waals surface area (Å²) in [6.45, 7) is 6.45. The molecule has 32 heavy (non-hydrogen) atoms. The first-order chi connectivity index (χ1) is 15.6. The molecule has 0 radical (unpaired) electrons. The molecule has 0 bridgehead atoms. The van der Waals surface area contributed by atoms with Gasteiger partial charge in [-0.2, -0.15) is 5.10 Å². The highest BCUT2D eigenvalue weighted by Gasteiger charge is 2.27. The lowest BCUT2D eigenvalue weighted by atomic mass is 9.97. The Morgan fingerprint density at radius 2 is 1.81 bits per heavy atom. The molecular weight excluding hydrogens is 408 g/mol. The molecule has 0 saturated carbocycles. The zero-order valence-corrected chi connectivity index (χ0v) is 18.2. The van der Waals surface area contributed by atoms with Crippen molar-refractivity contribution >= 4 is 17.4 Å². The Labute approximate surface area is 186 Å². The molecule has 2 aliphatic heterocycles. The van der Waals surface area contributed by atoms with Crippen LogP contribution in [0.15, 0.2) is 36.4 Å². The number of benzene rings is 1. The zero-order valence-electron chi connectivity index (χ0n) is 18.2. The van der Waals surface area contributed by atoms with E-state index in [-0.39, 0.29) is 11.8 Å². The van der Waals surface area contributed by atoms with Gasteiger partial charge in [0.05, 0.1) is 11.6 Å². The lowest BCUT2D eigenvalue weighted by Crippen LogP contribution is -2.41. The van der Waals surface area contributed by atoms with Crippen molar-refractivity contribution in [2.45, 2.75) is 26.7 Å². The van der Waals surface area contributed by atoms with Gasteiger partial charge in [-0.1, -0.05) is 0 Å². The monoisotopic (exact) mass is 434 g/mol. The minimum Gasteiger partial charge on any atom is -0.486 e. The number of hydrogen-bond acceptors (Lipinski definition) is 7. The topological polar surface area (TPSA) is 94.4 Å². The summed E-state index contributed by atoms with van der Waals surface area (Å²) in [7, 11) is 0. The molecule has 2 aliphatic rings. The van der Waals surface area contributed by atoms with Crippen LogP contribution in [0.1, 0.15) is 24.2 Å². The van der Waals surface area contributed by atoms with Gasteiger partial charge in [0, 0.05) is 30.5 Å². The van der Waals surface area contributed by atoms with Gasteiger partial charge in [0.15, 0.2) is 23.1 Å². The van der Waals surface area contributed by atoms with E-state index in [0.29, 0.717) is 42.8 Å². The van der Waals surface area contributed by atoms with Crippen LogP contribution in [0.25, 0.3) is 5.82 Å². The van der Waals surface area contributed by atoms with Crippen LogP contribution in [0.2, 0.25) is 0 Å². The molecule has 9 nitrogen and oxygen atoms in total. The molecule has 5 rings (SSSR count). The fourth-order valence-corrected chi connectivity index (χ4v) is 4.23. The maximum absolute atomic E-state index is 12.9. The van der Waals surface area contributed by atoms with Gasteiger partial charge < -0.3 is 19.7 Å². The van der Waals surface area contributed by atoms with Crippen LogP contribution in [0.3, 0.4) is 0 Å². The third kappa shape index (κ3) is 4.10. The van der Waals surface area contributed by atoms with Crippen molar-refractivity contribution in [3.05, 3.63) is 47.8 Å². The van der Waals surface area contributed by atoms with Crippen LogP contribution >= 0.6 is 0 Å². The summed E-state index contributed by atoms with van der Waals surface area (Å²) in [6, 6.07) is 11.4. The number of rotatable bonds is 4. The molecule has 3 aromatic rings. The van der Waals surface area contributed by atoms with Crippen LogP contribution < -0.4 is 19.7 Å². The Kier molecular flexibility index (Phi) is 5.38. The highest BCUT2D eigenvalue weighted by Crippen LogP contribution is 2.33. The van der Waals surface area contributed by atoms with Crippen LogP contribution in [0, 0.1) is 19.8 Å². The molecule has 0 aliphatic carbocycles. The van der Waals surface area contributed by atoms with E-state index >= 15 is 0 Å². The highest BCUT2D eigenvalue weighted by molar-refractivity contribution is 5.93. The molecule has 0 spiro atoms. The molecule has 2 aromatic heterocycles. The second-order valence-electron chi connectivity index (χ2n) is 8.22. The lowest BCUT2D eigenvalue weighted by Gasteiger charge is -2.32. The summed E-state index contributed by atoms with van der Waals surface area (Å²) in [5.41, 5.74) is 2.67. The molecule has 4 heterocycles. The zero-order chi connectivity index (χ0) is 22.1. The fraction of sp³-hybridized carbons (Fsp3) is 0.391. The van der Waals surface area contributed by atoms with Crippen molar-refractivity contribution < 1.29 is 14.3 Å². The number of carbonyl (C=O) groups excluding carboxylic acids is 1. The van der Waals surface area contributed by atoms with Crippen LogP contribution in [-0.4, -0.2) is 52.2 Å². The van der Waals surface area contributed by atoms with E-state index < -0.39 is 0 Å². The van der Waals surface area contributed by atoms with Gasteiger partial charge in [-0.3, -0.25) is 4.79 Å². The maximum Gasteiger partial charge on any atom is 0.229 e. The number of aromatic nitrogens is 4. The molecule has 9 heteroatoms. The van der Waals surface area contributed by atoms with E-state index in [0.717, 1.165) is 36.6 Å². The van der Waals surface area contributed by atoms with Crippen molar-refractivity contribution in [3.63, 3.8) is 0 Å². The minimum absolute atomic E-state index is 0.00130. The molecular formula is C23H26N6O3. The summed E-state index contributed by atoms with van der Waals surface area (Å²) in [6.07, 6.45) is 1.75. The molecule has 1 saturated heterocycles. The van der Waals surface area contributed by atoms with E-state index in [1.54, 1.807) is 4.68 Å². The second kappa shape index (κ2) is 8.49. The van der Waals surface area contributed by atoms with E-state index in [1.807, 2.05) is 50.2 Å². The third-order valence-corrected chi connectivity index (χ3v) is 5.79. The van der Waals surface area contributed by atoms with Crippen molar-refractivity contribution in [2.75, 3.05) is 36.5 Å². The number of amides is 1. The lowest BCUT2D eigenvalue weighted by molar-refractivity contribution is -0.120.